The van der Waals surface area contributed by atoms with Gasteiger partial charge in [0.05, 0.1) is 19.8 Å². The lowest BCUT2D eigenvalue weighted by Crippen LogP contribution is -2.46. The summed E-state index contributed by atoms with van der Waals surface area (Å²) in [6.07, 6.45) is 3.69. The maximum atomic E-state index is 13.1. The molecule has 0 unspecified atom stereocenters. The monoisotopic (exact) mass is 445 g/mol. The van der Waals surface area contributed by atoms with Crippen molar-refractivity contribution in [1.29, 1.82) is 0 Å². The van der Waals surface area contributed by atoms with Crippen LogP contribution in [0.1, 0.15) is 49.4 Å². The van der Waals surface area contributed by atoms with Gasteiger partial charge < -0.3 is 20.1 Å². The van der Waals surface area contributed by atoms with Crippen molar-refractivity contribution in [2.75, 3.05) is 39.9 Å². The SMILES string of the molecule is CCOC(=O)C[C@@H]1CCN(C(=O)c2ccc(OC)cc2)C[C@@H]1CCN1CCC[C@H]1C(N)=O. The molecule has 0 bridgehead atoms. The third-order valence-corrected chi connectivity index (χ3v) is 6.73. The molecule has 8 nitrogen and oxygen atoms in total. The van der Waals surface area contributed by atoms with Crippen LogP contribution in [0.3, 0.4) is 0 Å². The van der Waals surface area contributed by atoms with Gasteiger partial charge in [-0.3, -0.25) is 19.3 Å². The predicted octanol–water partition coefficient (Wildman–Crippen LogP) is 2.07. The molecule has 1 aromatic carbocycles. The fourth-order valence-electron chi connectivity index (χ4n) is 4.96. The Morgan fingerprint density at radius 1 is 1.09 bits per heavy atom. The number of methoxy groups -OCH3 is 1. The zero-order chi connectivity index (χ0) is 23.1. The number of esters is 1. The van der Waals surface area contributed by atoms with Crippen LogP contribution in [0.4, 0.5) is 0 Å². The third kappa shape index (κ3) is 6.00. The Morgan fingerprint density at radius 2 is 1.84 bits per heavy atom. The molecule has 2 amide bonds. The number of carbonyl (C=O) groups is 3. The van der Waals surface area contributed by atoms with Crippen LogP contribution in [0.15, 0.2) is 24.3 Å². The number of piperidine rings is 1. The first-order valence-electron chi connectivity index (χ1n) is 11.5. The first-order valence-corrected chi connectivity index (χ1v) is 11.5. The third-order valence-electron chi connectivity index (χ3n) is 6.73. The van der Waals surface area contributed by atoms with Crippen molar-refractivity contribution < 1.29 is 23.9 Å². The molecule has 32 heavy (non-hydrogen) atoms. The molecule has 1 aromatic rings. The van der Waals surface area contributed by atoms with E-state index in [1.165, 1.54) is 0 Å². The number of rotatable bonds is 9. The summed E-state index contributed by atoms with van der Waals surface area (Å²) in [4.78, 5) is 41.0. The highest BCUT2D eigenvalue weighted by Crippen LogP contribution is 2.31. The number of nitrogens with two attached hydrogens (primary N) is 1. The van der Waals surface area contributed by atoms with E-state index in [2.05, 4.69) is 4.90 Å². The Morgan fingerprint density at radius 3 is 2.50 bits per heavy atom. The van der Waals surface area contributed by atoms with E-state index < -0.39 is 0 Å². The molecule has 2 aliphatic rings. The van der Waals surface area contributed by atoms with Crippen LogP contribution < -0.4 is 10.5 Å². The molecule has 0 aromatic heterocycles. The minimum atomic E-state index is -0.273. The van der Waals surface area contributed by atoms with Gasteiger partial charge in [-0.15, -0.1) is 0 Å². The molecule has 2 fully saturated rings. The van der Waals surface area contributed by atoms with Gasteiger partial charge in [-0.25, -0.2) is 0 Å². The van der Waals surface area contributed by atoms with E-state index in [4.69, 9.17) is 15.2 Å². The Bertz CT molecular complexity index is 797. The zero-order valence-corrected chi connectivity index (χ0v) is 19.1. The first kappa shape index (κ1) is 24.0. The maximum absolute atomic E-state index is 13.1. The number of likely N-dealkylation sites (tertiary alicyclic amines) is 2. The summed E-state index contributed by atoms with van der Waals surface area (Å²) in [6.45, 7) is 4.97. The van der Waals surface area contributed by atoms with Crippen LogP contribution in [0, 0.1) is 11.8 Å². The molecule has 2 N–H and O–H groups in total. The lowest BCUT2D eigenvalue weighted by atomic mass is 9.80. The first-order chi connectivity index (χ1) is 15.4. The van der Waals surface area contributed by atoms with E-state index in [9.17, 15) is 14.4 Å². The van der Waals surface area contributed by atoms with Crippen LogP contribution in [-0.4, -0.2) is 73.5 Å². The Kier molecular flexibility index (Phi) is 8.50. The molecule has 8 heteroatoms. The summed E-state index contributed by atoms with van der Waals surface area (Å²) < 4.78 is 10.4. The fraction of sp³-hybridized carbons (Fsp3) is 0.625. The molecule has 3 atom stereocenters. The zero-order valence-electron chi connectivity index (χ0n) is 19.1. The molecule has 0 saturated carbocycles. The van der Waals surface area contributed by atoms with Crippen molar-refractivity contribution in [3.63, 3.8) is 0 Å². The summed E-state index contributed by atoms with van der Waals surface area (Å²) in [5.74, 6) is 0.554. The highest BCUT2D eigenvalue weighted by Gasteiger charge is 2.35. The lowest BCUT2D eigenvalue weighted by molar-refractivity contribution is -0.145. The second-order valence-corrected chi connectivity index (χ2v) is 8.68. The van der Waals surface area contributed by atoms with E-state index in [0.717, 1.165) is 38.8 Å². The second-order valence-electron chi connectivity index (χ2n) is 8.68. The molecule has 0 aliphatic carbocycles. The fourth-order valence-corrected chi connectivity index (χ4v) is 4.96. The van der Waals surface area contributed by atoms with Crippen LogP contribution in [0.25, 0.3) is 0 Å². The molecule has 0 radical (unpaired) electrons. The Hall–Kier alpha value is -2.61. The number of ether oxygens (including phenoxy) is 2. The van der Waals surface area contributed by atoms with Crippen molar-refractivity contribution in [2.45, 2.75) is 45.1 Å². The quantitative estimate of drug-likeness (QED) is 0.584. The molecule has 0 spiro atoms. The Labute approximate surface area is 190 Å². The second kappa shape index (κ2) is 11.3. The van der Waals surface area contributed by atoms with Crippen molar-refractivity contribution in [2.24, 2.45) is 17.6 Å². The van der Waals surface area contributed by atoms with Crippen LogP contribution in [0.5, 0.6) is 5.75 Å². The van der Waals surface area contributed by atoms with Crippen LogP contribution >= 0.6 is 0 Å². The van der Waals surface area contributed by atoms with E-state index in [1.807, 2.05) is 11.8 Å². The summed E-state index contributed by atoms with van der Waals surface area (Å²) in [5, 5.41) is 0. The minimum Gasteiger partial charge on any atom is -0.497 e. The topological polar surface area (TPSA) is 102 Å². The number of benzene rings is 1. The maximum Gasteiger partial charge on any atom is 0.306 e. The minimum absolute atomic E-state index is 0.0107. The van der Waals surface area contributed by atoms with Crippen molar-refractivity contribution in [3.05, 3.63) is 29.8 Å². The highest BCUT2D eigenvalue weighted by molar-refractivity contribution is 5.94. The van der Waals surface area contributed by atoms with Gasteiger partial charge in [0.2, 0.25) is 5.91 Å². The Balaban J connectivity index is 1.67. The van der Waals surface area contributed by atoms with Gasteiger partial charge in [0.25, 0.3) is 5.91 Å². The number of hydrogen-bond donors (Lipinski definition) is 1. The molecule has 2 heterocycles. The van der Waals surface area contributed by atoms with Crippen molar-refractivity contribution in [3.8, 4) is 5.75 Å². The van der Waals surface area contributed by atoms with Gasteiger partial charge in [0.15, 0.2) is 0 Å². The number of carbonyl (C=O) groups excluding carboxylic acids is 3. The molecular weight excluding hydrogens is 410 g/mol. The average molecular weight is 446 g/mol. The predicted molar refractivity (Wildman–Crippen MR) is 120 cm³/mol. The van der Waals surface area contributed by atoms with Crippen molar-refractivity contribution in [1.82, 2.24) is 9.80 Å². The average Bonchev–Trinajstić information content (AvgIpc) is 3.27. The standard InChI is InChI=1S/C24H35N3O5/c1-3-32-22(28)15-18-10-14-27(24(30)17-6-8-20(31-2)9-7-17)16-19(18)11-13-26-12-4-5-21(26)23(25)29/h6-9,18-19,21H,3-5,10-16H2,1-2H3,(H2,25,29)/t18-,19-,21-/m0/s1. The smallest absolute Gasteiger partial charge is 0.306 e. The highest BCUT2D eigenvalue weighted by atomic mass is 16.5. The summed E-state index contributed by atoms with van der Waals surface area (Å²) in [6, 6.07) is 6.93. The molecule has 2 aliphatic heterocycles. The number of hydrogen-bond acceptors (Lipinski definition) is 6. The van der Waals surface area contributed by atoms with E-state index >= 15 is 0 Å². The molecule has 3 rings (SSSR count). The van der Waals surface area contributed by atoms with Gasteiger partial charge >= 0.3 is 5.97 Å². The lowest BCUT2D eigenvalue weighted by Gasteiger charge is -2.39. The normalized spacial score (nSPS) is 23.7. The van der Waals surface area contributed by atoms with Crippen LogP contribution in [0.2, 0.25) is 0 Å². The van der Waals surface area contributed by atoms with E-state index in [-0.39, 0.29) is 35.7 Å². The number of primary amides is 1. The van der Waals surface area contributed by atoms with Gasteiger partial charge in [-0.1, -0.05) is 0 Å². The van der Waals surface area contributed by atoms with Crippen LogP contribution in [-0.2, 0) is 14.3 Å². The van der Waals surface area contributed by atoms with Gasteiger partial charge in [-0.05, 0) is 81.8 Å². The van der Waals surface area contributed by atoms with E-state index in [1.54, 1.807) is 31.4 Å². The molecular formula is C24H35N3O5. The summed E-state index contributed by atoms with van der Waals surface area (Å²) >= 11 is 0. The van der Waals surface area contributed by atoms with Crippen molar-refractivity contribution >= 4 is 17.8 Å². The number of amides is 2. The van der Waals surface area contributed by atoms with E-state index in [0.29, 0.717) is 37.4 Å². The number of nitrogens with zero attached hydrogens (tertiary/aromatic N) is 2. The van der Waals surface area contributed by atoms with Gasteiger partial charge in [-0.2, -0.15) is 0 Å². The largest absolute Gasteiger partial charge is 0.497 e. The molecule has 2 saturated heterocycles. The summed E-state index contributed by atoms with van der Waals surface area (Å²) in [7, 11) is 1.60. The molecule has 176 valence electrons. The van der Waals surface area contributed by atoms with Gasteiger partial charge in [0, 0.05) is 25.1 Å². The van der Waals surface area contributed by atoms with Gasteiger partial charge in [0.1, 0.15) is 5.75 Å². The summed E-state index contributed by atoms with van der Waals surface area (Å²) in [5.41, 5.74) is 6.19.